The molecule has 7 heteroatoms. The lowest BCUT2D eigenvalue weighted by atomic mass is 9.81. The summed E-state index contributed by atoms with van der Waals surface area (Å²) in [6, 6.07) is 5.93. The van der Waals surface area contributed by atoms with Gasteiger partial charge in [-0.3, -0.25) is 19.5 Å². The number of amides is 2. The zero-order chi connectivity index (χ0) is 21.9. The van der Waals surface area contributed by atoms with Crippen molar-refractivity contribution in [2.24, 2.45) is 23.5 Å². The van der Waals surface area contributed by atoms with Gasteiger partial charge in [-0.15, -0.1) is 0 Å². The second-order valence-electron chi connectivity index (χ2n) is 8.70. The van der Waals surface area contributed by atoms with E-state index in [9.17, 15) is 9.59 Å². The number of piperazine rings is 1. The van der Waals surface area contributed by atoms with Crippen LogP contribution in [0.2, 0.25) is 0 Å². The van der Waals surface area contributed by atoms with E-state index in [1.807, 2.05) is 36.2 Å². The molecule has 2 rings (SSSR count). The van der Waals surface area contributed by atoms with Gasteiger partial charge in [-0.05, 0) is 30.9 Å². The molecule has 1 aromatic heterocycles. The Morgan fingerprint density at radius 3 is 2.47 bits per heavy atom. The summed E-state index contributed by atoms with van der Waals surface area (Å²) in [6.07, 6.45) is 4.06. The van der Waals surface area contributed by atoms with Gasteiger partial charge in [0.1, 0.15) is 0 Å². The molecule has 1 aliphatic heterocycles. The molecule has 168 valence electrons. The Hall–Kier alpha value is -1.99. The summed E-state index contributed by atoms with van der Waals surface area (Å²) in [5.74, 6) is -0.542. The molecule has 7 nitrogen and oxygen atoms in total. The molecule has 0 aromatic carbocycles. The molecular weight excluding hydrogens is 378 g/mol. The average Bonchev–Trinajstić information content (AvgIpc) is 2.74. The summed E-state index contributed by atoms with van der Waals surface area (Å²) in [7, 11) is 0. The Morgan fingerprint density at radius 1 is 1.17 bits per heavy atom. The third-order valence-electron chi connectivity index (χ3n) is 5.81. The van der Waals surface area contributed by atoms with Gasteiger partial charge < -0.3 is 16.0 Å². The predicted molar refractivity (Wildman–Crippen MR) is 120 cm³/mol. The molecule has 0 radical (unpaired) electrons. The van der Waals surface area contributed by atoms with Crippen LogP contribution in [-0.2, 0) is 16.1 Å². The number of hydrogen-bond donors (Lipinski definition) is 2. The van der Waals surface area contributed by atoms with Crippen molar-refractivity contribution in [1.29, 1.82) is 0 Å². The van der Waals surface area contributed by atoms with Crippen LogP contribution >= 0.6 is 0 Å². The van der Waals surface area contributed by atoms with Crippen molar-refractivity contribution in [2.75, 3.05) is 39.3 Å². The van der Waals surface area contributed by atoms with Gasteiger partial charge in [0.2, 0.25) is 11.8 Å². The molecule has 2 unspecified atom stereocenters. The fourth-order valence-electron chi connectivity index (χ4n) is 4.18. The number of carbonyl (C=O) groups is 2. The van der Waals surface area contributed by atoms with Gasteiger partial charge >= 0.3 is 0 Å². The lowest BCUT2D eigenvalue weighted by molar-refractivity contribution is -0.143. The fraction of sp³-hybridized carbons (Fsp3) is 0.696. The molecule has 3 N–H and O–H groups in total. The molecule has 0 bridgehead atoms. The van der Waals surface area contributed by atoms with E-state index >= 15 is 0 Å². The SMILES string of the molecule is CCCC(C(N)=O)C(CC(C)C)C(=O)N1CCN(CCNCc2ccccn2)CC1. The monoisotopic (exact) mass is 417 g/mol. The second kappa shape index (κ2) is 12.6. The Morgan fingerprint density at radius 2 is 1.90 bits per heavy atom. The lowest BCUT2D eigenvalue weighted by Gasteiger charge is -2.38. The summed E-state index contributed by atoms with van der Waals surface area (Å²) < 4.78 is 0. The van der Waals surface area contributed by atoms with E-state index in [2.05, 4.69) is 29.0 Å². The van der Waals surface area contributed by atoms with Gasteiger partial charge in [0, 0.05) is 63.8 Å². The highest BCUT2D eigenvalue weighted by molar-refractivity contribution is 5.87. The highest BCUT2D eigenvalue weighted by Gasteiger charge is 2.35. The Bertz CT molecular complexity index is 644. The van der Waals surface area contributed by atoms with Gasteiger partial charge in [-0.2, -0.15) is 0 Å². The molecule has 1 aliphatic rings. The first-order valence-corrected chi connectivity index (χ1v) is 11.3. The van der Waals surface area contributed by atoms with E-state index in [0.717, 1.165) is 44.8 Å². The second-order valence-corrected chi connectivity index (χ2v) is 8.70. The number of primary amides is 1. The first kappa shape index (κ1) is 24.3. The molecule has 1 saturated heterocycles. The normalized spacial score (nSPS) is 17.1. The number of aromatic nitrogens is 1. The van der Waals surface area contributed by atoms with Crippen LogP contribution < -0.4 is 11.1 Å². The van der Waals surface area contributed by atoms with Crippen LogP contribution in [0.5, 0.6) is 0 Å². The minimum atomic E-state index is -0.362. The van der Waals surface area contributed by atoms with E-state index in [1.165, 1.54) is 0 Å². The third kappa shape index (κ3) is 7.69. The molecule has 0 spiro atoms. The molecule has 1 aromatic rings. The standard InChI is InChI=1S/C23H39N5O2/c1-4-7-20(22(24)29)21(16-18(2)3)23(30)28-14-12-27(13-15-28)11-10-25-17-19-8-5-6-9-26-19/h5-6,8-9,18,20-21,25H,4,7,10-17H2,1-3H3,(H2,24,29). The topological polar surface area (TPSA) is 91.6 Å². The van der Waals surface area contributed by atoms with Crippen LogP contribution in [0.4, 0.5) is 0 Å². The highest BCUT2D eigenvalue weighted by atomic mass is 16.2. The number of pyridine rings is 1. The number of carbonyl (C=O) groups excluding carboxylic acids is 2. The molecule has 1 fully saturated rings. The third-order valence-corrected chi connectivity index (χ3v) is 5.81. The number of rotatable bonds is 12. The summed E-state index contributed by atoms with van der Waals surface area (Å²) in [5.41, 5.74) is 6.71. The quantitative estimate of drug-likeness (QED) is 0.507. The summed E-state index contributed by atoms with van der Waals surface area (Å²) >= 11 is 0. The van der Waals surface area contributed by atoms with Crippen molar-refractivity contribution in [3.8, 4) is 0 Å². The highest BCUT2D eigenvalue weighted by Crippen LogP contribution is 2.27. The number of nitrogens with two attached hydrogens (primary N) is 1. The first-order valence-electron chi connectivity index (χ1n) is 11.3. The van der Waals surface area contributed by atoms with Crippen molar-refractivity contribution in [3.63, 3.8) is 0 Å². The van der Waals surface area contributed by atoms with Crippen LogP contribution in [-0.4, -0.2) is 65.9 Å². The van der Waals surface area contributed by atoms with Crippen LogP contribution in [0.1, 0.15) is 45.7 Å². The Kier molecular flexibility index (Phi) is 10.2. The largest absolute Gasteiger partial charge is 0.369 e. The maximum absolute atomic E-state index is 13.3. The summed E-state index contributed by atoms with van der Waals surface area (Å²) in [5, 5.41) is 3.43. The maximum Gasteiger partial charge on any atom is 0.226 e. The van der Waals surface area contributed by atoms with Gasteiger partial charge in [-0.25, -0.2) is 0 Å². The van der Waals surface area contributed by atoms with Gasteiger partial charge in [0.05, 0.1) is 5.69 Å². The lowest BCUT2D eigenvalue weighted by Crippen LogP contribution is -2.53. The van der Waals surface area contributed by atoms with E-state index in [0.29, 0.717) is 31.8 Å². The van der Waals surface area contributed by atoms with E-state index in [1.54, 1.807) is 0 Å². The molecule has 2 atom stereocenters. The maximum atomic E-state index is 13.3. The van der Waals surface area contributed by atoms with Crippen LogP contribution in [0, 0.1) is 17.8 Å². The smallest absolute Gasteiger partial charge is 0.226 e. The molecule has 0 saturated carbocycles. The van der Waals surface area contributed by atoms with Crippen LogP contribution in [0.15, 0.2) is 24.4 Å². The Balaban J connectivity index is 1.81. The predicted octanol–water partition coefficient (Wildman–Crippen LogP) is 1.88. The Labute approximate surface area is 181 Å². The molecule has 2 heterocycles. The minimum absolute atomic E-state index is 0.105. The van der Waals surface area contributed by atoms with E-state index < -0.39 is 0 Å². The minimum Gasteiger partial charge on any atom is -0.369 e. The number of nitrogens with one attached hydrogen (secondary N) is 1. The van der Waals surface area contributed by atoms with Gasteiger partial charge in [0.25, 0.3) is 0 Å². The molecule has 2 amide bonds. The number of nitrogens with zero attached hydrogens (tertiary/aromatic N) is 3. The summed E-state index contributed by atoms with van der Waals surface area (Å²) in [4.78, 5) is 33.9. The van der Waals surface area contributed by atoms with Crippen LogP contribution in [0.25, 0.3) is 0 Å². The van der Waals surface area contributed by atoms with Gasteiger partial charge in [0.15, 0.2) is 0 Å². The van der Waals surface area contributed by atoms with Crippen LogP contribution in [0.3, 0.4) is 0 Å². The molecule has 0 aliphatic carbocycles. The number of hydrogen-bond acceptors (Lipinski definition) is 5. The van der Waals surface area contributed by atoms with Gasteiger partial charge in [-0.1, -0.05) is 33.3 Å². The fourth-order valence-corrected chi connectivity index (χ4v) is 4.18. The first-order chi connectivity index (χ1) is 14.4. The van der Waals surface area contributed by atoms with Crippen molar-refractivity contribution in [2.45, 2.75) is 46.6 Å². The molecule has 30 heavy (non-hydrogen) atoms. The van der Waals surface area contributed by atoms with Crippen molar-refractivity contribution in [3.05, 3.63) is 30.1 Å². The zero-order valence-electron chi connectivity index (χ0n) is 18.8. The zero-order valence-corrected chi connectivity index (χ0v) is 18.8. The van der Waals surface area contributed by atoms with Crippen molar-refractivity contribution < 1.29 is 9.59 Å². The van der Waals surface area contributed by atoms with Crippen molar-refractivity contribution in [1.82, 2.24) is 20.1 Å². The van der Waals surface area contributed by atoms with Crippen molar-refractivity contribution >= 4 is 11.8 Å². The van der Waals surface area contributed by atoms with E-state index in [-0.39, 0.29) is 23.7 Å². The molecular formula is C23H39N5O2. The average molecular weight is 418 g/mol. The summed E-state index contributed by atoms with van der Waals surface area (Å²) in [6.45, 7) is 12.0. The van der Waals surface area contributed by atoms with E-state index in [4.69, 9.17) is 5.73 Å².